The predicted molar refractivity (Wildman–Crippen MR) is 112 cm³/mol. The molecule has 1 aliphatic rings. The molecule has 2 amide bonds. The van der Waals surface area contributed by atoms with E-state index in [9.17, 15) is 22.8 Å². The van der Waals surface area contributed by atoms with Gasteiger partial charge in [0.2, 0.25) is 11.8 Å². The number of methoxy groups -OCH3 is 1. The average molecular weight is 450 g/mol. The SMILES string of the molecule is COc1ccc(/C=N/N=C2\NC(=O)C(CC(=O)Nc3cccc(C(F)(F)F)c3)S2)cc1. The molecular weight excluding hydrogens is 433 g/mol. The fraction of sp³-hybridized carbons (Fsp3) is 0.200. The molecule has 0 saturated carbocycles. The van der Waals surface area contributed by atoms with Crippen molar-refractivity contribution in [2.75, 3.05) is 12.4 Å². The van der Waals surface area contributed by atoms with Gasteiger partial charge in [0.1, 0.15) is 11.0 Å². The minimum atomic E-state index is -4.51. The van der Waals surface area contributed by atoms with E-state index in [1.807, 2.05) is 0 Å². The predicted octanol–water partition coefficient (Wildman–Crippen LogP) is 3.66. The first-order chi connectivity index (χ1) is 14.7. The highest BCUT2D eigenvalue weighted by Crippen LogP contribution is 2.31. The van der Waals surface area contributed by atoms with Gasteiger partial charge in [0.25, 0.3) is 0 Å². The van der Waals surface area contributed by atoms with Crippen LogP contribution in [0.3, 0.4) is 0 Å². The molecule has 2 N–H and O–H groups in total. The lowest BCUT2D eigenvalue weighted by molar-refractivity contribution is -0.137. The molecule has 1 saturated heterocycles. The zero-order valence-corrected chi connectivity index (χ0v) is 17.0. The number of carbonyl (C=O) groups is 2. The van der Waals surface area contributed by atoms with Crippen LogP contribution < -0.4 is 15.4 Å². The summed E-state index contributed by atoms with van der Waals surface area (Å²) in [6, 6.07) is 11.4. The van der Waals surface area contributed by atoms with Crippen molar-refractivity contribution >= 4 is 40.6 Å². The zero-order valence-electron chi connectivity index (χ0n) is 16.1. The van der Waals surface area contributed by atoms with Crippen LogP contribution in [0.15, 0.2) is 58.7 Å². The van der Waals surface area contributed by atoms with Crippen molar-refractivity contribution in [2.45, 2.75) is 17.8 Å². The molecule has 7 nitrogen and oxygen atoms in total. The molecule has 0 bridgehead atoms. The Labute approximate surface area is 179 Å². The Kier molecular flexibility index (Phi) is 6.95. The van der Waals surface area contributed by atoms with Gasteiger partial charge >= 0.3 is 6.18 Å². The number of thioether (sulfide) groups is 1. The average Bonchev–Trinajstić information content (AvgIpc) is 3.07. The van der Waals surface area contributed by atoms with Gasteiger partial charge in [0, 0.05) is 12.1 Å². The van der Waals surface area contributed by atoms with Crippen LogP contribution in [0.5, 0.6) is 5.75 Å². The van der Waals surface area contributed by atoms with E-state index in [0.717, 1.165) is 29.5 Å². The molecule has 0 aromatic heterocycles. The number of carbonyl (C=O) groups excluding carboxylic acids is 2. The number of amidine groups is 1. The Morgan fingerprint density at radius 2 is 2.00 bits per heavy atom. The number of hydrogen-bond donors (Lipinski definition) is 2. The first kappa shape index (κ1) is 22.3. The minimum absolute atomic E-state index is 0.00112. The summed E-state index contributed by atoms with van der Waals surface area (Å²) >= 11 is 1.02. The highest BCUT2D eigenvalue weighted by atomic mass is 32.2. The third-order valence-corrected chi connectivity index (χ3v) is 5.16. The van der Waals surface area contributed by atoms with E-state index in [1.165, 1.54) is 18.3 Å². The van der Waals surface area contributed by atoms with Gasteiger partial charge in [-0.1, -0.05) is 17.8 Å². The third-order valence-electron chi connectivity index (χ3n) is 4.09. The lowest BCUT2D eigenvalue weighted by atomic mass is 10.2. The van der Waals surface area contributed by atoms with E-state index < -0.39 is 28.8 Å². The molecule has 2 aromatic carbocycles. The maximum Gasteiger partial charge on any atom is 0.416 e. The molecule has 162 valence electrons. The number of hydrogen-bond acceptors (Lipinski definition) is 6. The fourth-order valence-electron chi connectivity index (χ4n) is 2.58. The summed E-state index contributed by atoms with van der Waals surface area (Å²) < 4.78 is 43.4. The van der Waals surface area contributed by atoms with Crippen molar-refractivity contribution in [3.63, 3.8) is 0 Å². The highest BCUT2D eigenvalue weighted by molar-refractivity contribution is 8.15. The lowest BCUT2D eigenvalue weighted by Crippen LogP contribution is -2.28. The van der Waals surface area contributed by atoms with Crippen LogP contribution in [0.4, 0.5) is 18.9 Å². The number of alkyl halides is 3. The second-order valence-electron chi connectivity index (χ2n) is 6.35. The number of rotatable bonds is 6. The number of nitrogens with one attached hydrogen (secondary N) is 2. The molecule has 1 unspecified atom stereocenters. The number of amides is 2. The zero-order chi connectivity index (χ0) is 22.4. The van der Waals surface area contributed by atoms with Crippen molar-refractivity contribution in [3.8, 4) is 5.75 Å². The van der Waals surface area contributed by atoms with Crippen molar-refractivity contribution in [2.24, 2.45) is 10.2 Å². The van der Waals surface area contributed by atoms with Crippen LogP contribution in [0.1, 0.15) is 17.5 Å². The van der Waals surface area contributed by atoms with Gasteiger partial charge in [-0.2, -0.15) is 18.3 Å². The topological polar surface area (TPSA) is 92.2 Å². The van der Waals surface area contributed by atoms with Gasteiger partial charge in [-0.05, 0) is 48.0 Å². The summed E-state index contributed by atoms with van der Waals surface area (Å²) in [5, 5.41) is 12.2. The second kappa shape index (κ2) is 9.65. The van der Waals surface area contributed by atoms with Gasteiger partial charge in [0.05, 0.1) is 18.9 Å². The molecule has 1 fully saturated rings. The fourth-order valence-corrected chi connectivity index (χ4v) is 3.50. The van der Waals surface area contributed by atoms with Gasteiger partial charge < -0.3 is 15.4 Å². The smallest absolute Gasteiger partial charge is 0.416 e. The first-order valence-electron chi connectivity index (χ1n) is 8.94. The van der Waals surface area contributed by atoms with Crippen molar-refractivity contribution in [3.05, 3.63) is 59.7 Å². The molecule has 2 aromatic rings. The van der Waals surface area contributed by atoms with E-state index in [0.29, 0.717) is 5.75 Å². The standard InChI is InChI=1S/C20H17F3N4O3S/c1-30-15-7-5-12(6-8-15)11-24-27-19-26-18(29)16(31-19)10-17(28)25-14-4-2-3-13(9-14)20(21,22)23/h2-9,11,16H,10H2,1H3,(H,25,28)(H,26,27,29)/b24-11+. The molecule has 0 aliphatic carbocycles. The monoisotopic (exact) mass is 450 g/mol. The van der Waals surface area contributed by atoms with Gasteiger partial charge in [-0.3, -0.25) is 9.59 Å². The van der Waals surface area contributed by atoms with Gasteiger partial charge in [-0.25, -0.2) is 0 Å². The van der Waals surface area contributed by atoms with Crippen LogP contribution in [0.25, 0.3) is 0 Å². The highest BCUT2D eigenvalue weighted by Gasteiger charge is 2.33. The van der Waals surface area contributed by atoms with Gasteiger partial charge in [0.15, 0.2) is 5.17 Å². The van der Waals surface area contributed by atoms with Crippen molar-refractivity contribution < 1.29 is 27.5 Å². The molecule has 11 heteroatoms. The van der Waals surface area contributed by atoms with E-state index >= 15 is 0 Å². The molecule has 1 aliphatic heterocycles. The Morgan fingerprint density at radius 3 is 2.68 bits per heavy atom. The van der Waals surface area contributed by atoms with Crippen LogP contribution in [-0.4, -0.2) is 35.6 Å². The third kappa shape index (κ3) is 6.32. The minimum Gasteiger partial charge on any atom is -0.497 e. The molecule has 0 radical (unpaired) electrons. The van der Waals surface area contributed by atoms with E-state index in [2.05, 4.69) is 20.8 Å². The summed E-state index contributed by atoms with van der Waals surface area (Å²) in [5.74, 6) is -0.314. The summed E-state index contributed by atoms with van der Waals surface area (Å²) in [6.07, 6.45) is -3.25. The molecule has 1 atom stereocenters. The first-order valence-corrected chi connectivity index (χ1v) is 9.82. The summed E-state index contributed by atoms with van der Waals surface area (Å²) in [7, 11) is 1.56. The Bertz CT molecular complexity index is 1020. The Hall–Kier alpha value is -3.34. The van der Waals surface area contributed by atoms with Crippen LogP contribution in [-0.2, 0) is 15.8 Å². The maximum absolute atomic E-state index is 12.8. The normalized spacial score (nSPS) is 17.7. The van der Waals surface area contributed by atoms with Crippen LogP contribution >= 0.6 is 11.8 Å². The summed E-state index contributed by atoms with van der Waals surface area (Å²) in [5.41, 5.74) is -0.0971. The second-order valence-corrected chi connectivity index (χ2v) is 7.54. The van der Waals surface area contributed by atoms with E-state index in [1.54, 1.807) is 31.4 Å². The number of anilines is 1. The van der Waals surface area contributed by atoms with Crippen LogP contribution in [0.2, 0.25) is 0 Å². The molecule has 1 heterocycles. The number of halogens is 3. The molecule has 31 heavy (non-hydrogen) atoms. The van der Waals surface area contributed by atoms with E-state index in [4.69, 9.17) is 4.74 Å². The maximum atomic E-state index is 12.8. The summed E-state index contributed by atoms with van der Waals surface area (Å²) in [4.78, 5) is 24.2. The molecule has 3 rings (SSSR count). The van der Waals surface area contributed by atoms with E-state index in [-0.39, 0.29) is 17.3 Å². The van der Waals surface area contributed by atoms with Gasteiger partial charge in [-0.15, -0.1) is 5.10 Å². The summed E-state index contributed by atoms with van der Waals surface area (Å²) in [6.45, 7) is 0. The number of benzene rings is 2. The quantitative estimate of drug-likeness (QED) is 0.519. The molecular formula is C20H17F3N4O3S. The Morgan fingerprint density at radius 1 is 1.26 bits per heavy atom. The van der Waals surface area contributed by atoms with Crippen molar-refractivity contribution in [1.82, 2.24) is 5.32 Å². The number of ether oxygens (including phenoxy) is 1. The van der Waals surface area contributed by atoms with Crippen LogP contribution in [0, 0.1) is 0 Å². The molecule has 0 spiro atoms. The number of nitrogens with zero attached hydrogens (tertiary/aromatic N) is 2. The largest absolute Gasteiger partial charge is 0.497 e. The lowest BCUT2D eigenvalue weighted by Gasteiger charge is -2.10. The Balaban J connectivity index is 1.55. The van der Waals surface area contributed by atoms with Crippen molar-refractivity contribution in [1.29, 1.82) is 0 Å².